The smallest absolute Gasteiger partial charge is 0.134 e. The van der Waals surface area contributed by atoms with Crippen LogP contribution >= 0.6 is 0 Å². The molecule has 1 aromatic rings. The number of nitrogens with zero attached hydrogens (tertiary/aromatic N) is 4. The van der Waals surface area contributed by atoms with Crippen molar-refractivity contribution in [3.8, 4) is 0 Å². The highest BCUT2D eigenvalue weighted by Gasteiger charge is 2.18. The lowest BCUT2D eigenvalue weighted by Crippen LogP contribution is -2.36. The Balaban J connectivity index is 1.96. The molecule has 5 heteroatoms. The summed E-state index contributed by atoms with van der Waals surface area (Å²) in [4.78, 5) is 13.1. The quantitative estimate of drug-likeness (QED) is 0.870. The summed E-state index contributed by atoms with van der Waals surface area (Å²) in [6.45, 7) is 5.32. The molecule has 0 amide bonds. The molecule has 18 heavy (non-hydrogen) atoms. The highest BCUT2D eigenvalue weighted by Crippen LogP contribution is 2.20. The third-order valence-electron chi connectivity index (χ3n) is 3.61. The molecule has 0 radical (unpaired) electrons. The first-order chi connectivity index (χ1) is 8.54. The van der Waals surface area contributed by atoms with Crippen LogP contribution in [-0.4, -0.2) is 48.6 Å². The Bertz CT molecular complexity index is 378. The molecule has 1 aliphatic rings. The van der Waals surface area contributed by atoms with E-state index in [0.29, 0.717) is 5.82 Å². The zero-order valence-electron chi connectivity index (χ0n) is 11.6. The molecular weight excluding hydrogens is 226 g/mol. The summed E-state index contributed by atoms with van der Waals surface area (Å²) in [5.74, 6) is 2.97. The Kier molecular flexibility index (Phi) is 4.01. The molecular formula is C13H23N5. The van der Waals surface area contributed by atoms with Crippen molar-refractivity contribution in [2.24, 2.45) is 5.92 Å². The molecule has 5 nitrogen and oxygen atoms in total. The molecule has 1 saturated heterocycles. The van der Waals surface area contributed by atoms with Crippen molar-refractivity contribution in [1.29, 1.82) is 0 Å². The largest absolute Gasteiger partial charge is 0.384 e. The van der Waals surface area contributed by atoms with E-state index in [-0.39, 0.29) is 0 Å². The number of likely N-dealkylation sites (tertiary alicyclic amines) is 1. The molecule has 0 aliphatic carbocycles. The van der Waals surface area contributed by atoms with E-state index in [1.165, 1.54) is 25.9 Å². The van der Waals surface area contributed by atoms with E-state index in [2.05, 4.69) is 33.9 Å². The summed E-state index contributed by atoms with van der Waals surface area (Å²) in [5, 5.41) is 0. The molecule has 0 spiro atoms. The predicted octanol–water partition coefficient (Wildman–Crippen LogP) is 1.15. The van der Waals surface area contributed by atoms with Crippen molar-refractivity contribution in [3.05, 3.63) is 11.9 Å². The van der Waals surface area contributed by atoms with Crippen LogP contribution in [0.5, 0.6) is 0 Å². The van der Waals surface area contributed by atoms with E-state index in [1.54, 1.807) is 0 Å². The zero-order valence-corrected chi connectivity index (χ0v) is 11.6. The van der Waals surface area contributed by atoms with Crippen molar-refractivity contribution in [3.63, 3.8) is 0 Å². The lowest BCUT2D eigenvalue weighted by atomic mass is 9.97. The first kappa shape index (κ1) is 13.1. The summed E-state index contributed by atoms with van der Waals surface area (Å²) in [7, 11) is 4.27. The molecule has 1 aromatic heterocycles. The Morgan fingerprint density at radius 3 is 2.67 bits per heavy atom. The zero-order chi connectivity index (χ0) is 13.1. The van der Waals surface area contributed by atoms with E-state index in [9.17, 15) is 0 Å². The molecule has 2 heterocycles. The Morgan fingerprint density at radius 2 is 2.06 bits per heavy atom. The van der Waals surface area contributed by atoms with Gasteiger partial charge in [-0.15, -0.1) is 0 Å². The van der Waals surface area contributed by atoms with Crippen LogP contribution in [0.15, 0.2) is 6.07 Å². The molecule has 0 unspecified atom stereocenters. The van der Waals surface area contributed by atoms with Gasteiger partial charge in [-0.05, 0) is 45.8 Å². The van der Waals surface area contributed by atoms with Crippen molar-refractivity contribution in [2.75, 3.05) is 44.4 Å². The Hall–Kier alpha value is -1.36. The number of hydrogen-bond acceptors (Lipinski definition) is 5. The van der Waals surface area contributed by atoms with E-state index >= 15 is 0 Å². The average Bonchev–Trinajstić information content (AvgIpc) is 2.31. The minimum absolute atomic E-state index is 0.549. The summed E-state index contributed by atoms with van der Waals surface area (Å²) < 4.78 is 0. The molecule has 100 valence electrons. The van der Waals surface area contributed by atoms with Gasteiger partial charge in [-0.1, -0.05) is 0 Å². The standard InChI is InChI=1S/C13H23N5/c1-10-15-12(14)8-13(16-10)18(3)9-11-4-6-17(2)7-5-11/h8,11H,4-7,9H2,1-3H3,(H2,14,15,16). The van der Waals surface area contributed by atoms with Crippen LogP contribution < -0.4 is 10.6 Å². The maximum Gasteiger partial charge on any atom is 0.134 e. The maximum absolute atomic E-state index is 5.76. The fourth-order valence-corrected chi connectivity index (χ4v) is 2.50. The number of piperidine rings is 1. The molecule has 1 aliphatic heterocycles. The first-order valence-electron chi connectivity index (χ1n) is 6.55. The van der Waals surface area contributed by atoms with Crippen molar-refractivity contribution in [1.82, 2.24) is 14.9 Å². The minimum atomic E-state index is 0.549. The number of aryl methyl sites for hydroxylation is 1. The number of rotatable bonds is 3. The van der Waals surface area contributed by atoms with Crippen LogP contribution in [0.1, 0.15) is 18.7 Å². The fraction of sp³-hybridized carbons (Fsp3) is 0.692. The number of hydrogen-bond donors (Lipinski definition) is 1. The topological polar surface area (TPSA) is 58.3 Å². The van der Waals surface area contributed by atoms with Crippen LogP contribution in [0.4, 0.5) is 11.6 Å². The van der Waals surface area contributed by atoms with E-state index < -0.39 is 0 Å². The summed E-state index contributed by atoms with van der Waals surface area (Å²) in [5.41, 5.74) is 5.76. The SMILES string of the molecule is Cc1nc(N)cc(N(C)CC2CCN(C)CC2)n1. The highest BCUT2D eigenvalue weighted by molar-refractivity contribution is 5.46. The predicted molar refractivity (Wildman–Crippen MR) is 74.7 cm³/mol. The van der Waals surface area contributed by atoms with Gasteiger partial charge in [0.15, 0.2) is 0 Å². The number of anilines is 2. The summed E-state index contributed by atoms with van der Waals surface area (Å²) in [6.07, 6.45) is 2.53. The van der Waals surface area contributed by atoms with Crippen LogP contribution in [0.3, 0.4) is 0 Å². The minimum Gasteiger partial charge on any atom is -0.384 e. The number of aromatic nitrogens is 2. The second-order valence-electron chi connectivity index (χ2n) is 5.33. The second-order valence-corrected chi connectivity index (χ2v) is 5.33. The third-order valence-corrected chi connectivity index (χ3v) is 3.61. The van der Waals surface area contributed by atoms with Gasteiger partial charge in [0, 0.05) is 19.7 Å². The highest BCUT2D eigenvalue weighted by atomic mass is 15.2. The second kappa shape index (κ2) is 5.52. The maximum atomic E-state index is 5.76. The van der Waals surface area contributed by atoms with Gasteiger partial charge in [0.1, 0.15) is 17.5 Å². The summed E-state index contributed by atoms with van der Waals surface area (Å²) >= 11 is 0. The molecule has 1 fully saturated rings. The van der Waals surface area contributed by atoms with Gasteiger partial charge in [0.2, 0.25) is 0 Å². The number of nitrogen functional groups attached to an aromatic ring is 1. The molecule has 0 saturated carbocycles. The van der Waals surface area contributed by atoms with Gasteiger partial charge >= 0.3 is 0 Å². The normalized spacial score (nSPS) is 17.9. The van der Waals surface area contributed by atoms with E-state index in [1.807, 2.05) is 13.0 Å². The van der Waals surface area contributed by atoms with Crippen LogP contribution in [0.25, 0.3) is 0 Å². The molecule has 2 rings (SSSR count). The molecule has 0 bridgehead atoms. The van der Waals surface area contributed by atoms with E-state index in [4.69, 9.17) is 5.73 Å². The van der Waals surface area contributed by atoms with Gasteiger partial charge in [0.05, 0.1) is 0 Å². The van der Waals surface area contributed by atoms with Crippen LogP contribution in [0.2, 0.25) is 0 Å². The van der Waals surface area contributed by atoms with Crippen molar-refractivity contribution >= 4 is 11.6 Å². The average molecular weight is 249 g/mol. The molecule has 0 aromatic carbocycles. The number of nitrogens with two attached hydrogens (primary N) is 1. The monoisotopic (exact) mass is 249 g/mol. The molecule has 2 N–H and O–H groups in total. The first-order valence-corrected chi connectivity index (χ1v) is 6.55. The lowest BCUT2D eigenvalue weighted by Gasteiger charge is -2.32. The summed E-state index contributed by atoms with van der Waals surface area (Å²) in [6, 6.07) is 1.85. The van der Waals surface area contributed by atoms with Gasteiger partial charge in [-0.3, -0.25) is 0 Å². The molecule has 0 atom stereocenters. The van der Waals surface area contributed by atoms with E-state index in [0.717, 1.165) is 24.1 Å². The van der Waals surface area contributed by atoms with Crippen LogP contribution in [-0.2, 0) is 0 Å². The third kappa shape index (κ3) is 3.32. The van der Waals surface area contributed by atoms with Gasteiger partial charge in [0.25, 0.3) is 0 Å². The van der Waals surface area contributed by atoms with Gasteiger partial charge in [-0.25, -0.2) is 9.97 Å². The Labute approximate surface area is 109 Å². The van der Waals surface area contributed by atoms with Gasteiger partial charge in [-0.2, -0.15) is 0 Å². The van der Waals surface area contributed by atoms with Gasteiger partial charge < -0.3 is 15.5 Å². The van der Waals surface area contributed by atoms with Crippen LogP contribution in [0, 0.1) is 12.8 Å². The van der Waals surface area contributed by atoms with Crippen molar-refractivity contribution in [2.45, 2.75) is 19.8 Å². The fourth-order valence-electron chi connectivity index (χ4n) is 2.50. The van der Waals surface area contributed by atoms with Crippen molar-refractivity contribution < 1.29 is 0 Å². The lowest BCUT2D eigenvalue weighted by molar-refractivity contribution is 0.222. The Morgan fingerprint density at radius 1 is 1.39 bits per heavy atom.